The Kier molecular flexibility index (Phi) is 3.39. The molecule has 4 aliphatic rings. The van der Waals surface area contributed by atoms with E-state index in [4.69, 9.17) is 11.6 Å². The first kappa shape index (κ1) is 15.0. The van der Waals surface area contributed by atoms with E-state index in [-0.39, 0.29) is 5.41 Å². The van der Waals surface area contributed by atoms with Gasteiger partial charge >= 0.3 is 0 Å². The van der Waals surface area contributed by atoms with E-state index in [1.807, 2.05) is 0 Å². The van der Waals surface area contributed by atoms with Crippen molar-refractivity contribution in [2.24, 2.45) is 28.6 Å². The average Bonchev–Trinajstić information content (AvgIpc) is 2.78. The lowest BCUT2D eigenvalue weighted by molar-refractivity contribution is -0.105. The molecule has 0 bridgehead atoms. The van der Waals surface area contributed by atoms with Crippen molar-refractivity contribution >= 4 is 17.9 Å². The summed E-state index contributed by atoms with van der Waals surface area (Å²) in [4.78, 5) is 11.4. The summed E-state index contributed by atoms with van der Waals surface area (Å²) in [6.45, 7) is 4.84. The third-order valence-corrected chi connectivity index (χ3v) is 8.45. The quantitative estimate of drug-likeness (QED) is 0.451. The fourth-order valence-corrected chi connectivity index (χ4v) is 6.82. The van der Waals surface area contributed by atoms with E-state index in [0.717, 1.165) is 41.6 Å². The predicted octanol–water partition coefficient (Wildman–Crippen LogP) is 5.64. The highest BCUT2D eigenvalue weighted by Gasteiger charge is 2.57. The lowest BCUT2D eigenvalue weighted by Crippen LogP contribution is -2.48. The molecule has 0 unspecified atom stereocenters. The number of carbonyl (C=O) groups excluding carboxylic acids is 1. The molecule has 0 radical (unpaired) electrons. The number of hydrogen-bond acceptors (Lipinski definition) is 1. The molecule has 2 heteroatoms. The van der Waals surface area contributed by atoms with Crippen LogP contribution in [0.25, 0.3) is 0 Å². The molecule has 0 aromatic carbocycles. The molecule has 4 aliphatic carbocycles. The van der Waals surface area contributed by atoms with Crippen molar-refractivity contribution in [1.29, 1.82) is 0 Å². The van der Waals surface area contributed by atoms with Gasteiger partial charge in [0.2, 0.25) is 0 Å². The Morgan fingerprint density at radius 2 is 2.00 bits per heavy atom. The predicted molar refractivity (Wildman–Crippen MR) is 90.6 cm³/mol. The van der Waals surface area contributed by atoms with E-state index < -0.39 is 0 Å². The molecule has 1 nitrogen and oxygen atoms in total. The first-order chi connectivity index (χ1) is 10.5. The van der Waals surface area contributed by atoms with E-state index >= 15 is 0 Å². The zero-order valence-corrected chi connectivity index (χ0v) is 14.6. The summed E-state index contributed by atoms with van der Waals surface area (Å²) in [6.07, 6.45) is 13.6. The number of halogens is 1. The van der Waals surface area contributed by atoms with Gasteiger partial charge in [0.1, 0.15) is 6.29 Å². The Balaban J connectivity index is 1.71. The number of carbonyl (C=O) groups is 1. The van der Waals surface area contributed by atoms with E-state index in [0.29, 0.717) is 11.3 Å². The van der Waals surface area contributed by atoms with Crippen LogP contribution in [0.5, 0.6) is 0 Å². The maximum Gasteiger partial charge on any atom is 0.147 e. The summed E-state index contributed by atoms with van der Waals surface area (Å²) in [5.74, 6) is 2.11. The molecule has 4 rings (SSSR count). The molecular weight excluding hydrogens is 292 g/mol. The highest BCUT2D eigenvalue weighted by atomic mass is 35.5. The van der Waals surface area contributed by atoms with Gasteiger partial charge < -0.3 is 0 Å². The van der Waals surface area contributed by atoms with E-state index in [2.05, 4.69) is 19.9 Å². The lowest BCUT2D eigenvalue weighted by Gasteiger charge is -2.57. The minimum Gasteiger partial charge on any atom is -0.298 e. The van der Waals surface area contributed by atoms with Gasteiger partial charge in [0.25, 0.3) is 0 Å². The van der Waals surface area contributed by atoms with Crippen molar-refractivity contribution in [2.75, 3.05) is 0 Å². The molecule has 0 amide bonds. The molecule has 120 valence electrons. The maximum absolute atomic E-state index is 11.4. The third kappa shape index (κ3) is 1.81. The van der Waals surface area contributed by atoms with Gasteiger partial charge in [0.15, 0.2) is 0 Å². The molecule has 0 aromatic rings. The first-order valence-electron chi connectivity index (χ1n) is 9.04. The van der Waals surface area contributed by atoms with Crippen molar-refractivity contribution in [1.82, 2.24) is 0 Å². The van der Waals surface area contributed by atoms with Crippen molar-refractivity contribution in [3.05, 3.63) is 22.3 Å². The summed E-state index contributed by atoms with van der Waals surface area (Å²) >= 11 is 6.63. The fraction of sp³-hybridized carbons (Fsp3) is 0.750. The Morgan fingerprint density at radius 1 is 1.18 bits per heavy atom. The van der Waals surface area contributed by atoms with Crippen LogP contribution < -0.4 is 0 Å². The second kappa shape index (κ2) is 4.97. The second-order valence-corrected chi connectivity index (χ2v) is 8.96. The van der Waals surface area contributed by atoms with Crippen LogP contribution in [-0.2, 0) is 4.79 Å². The summed E-state index contributed by atoms with van der Waals surface area (Å²) < 4.78 is 0. The highest BCUT2D eigenvalue weighted by molar-refractivity contribution is 6.32. The summed E-state index contributed by atoms with van der Waals surface area (Å²) in [7, 11) is 0. The minimum absolute atomic E-state index is 0.0648. The number of aldehydes is 1. The monoisotopic (exact) mass is 318 g/mol. The van der Waals surface area contributed by atoms with E-state index in [9.17, 15) is 4.79 Å². The molecule has 0 aliphatic heterocycles. The Labute approximate surface area is 139 Å². The van der Waals surface area contributed by atoms with Crippen LogP contribution >= 0.6 is 11.6 Å². The highest BCUT2D eigenvalue weighted by Crippen LogP contribution is 2.66. The van der Waals surface area contributed by atoms with E-state index in [1.165, 1.54) is 38.5 Å². The zero-order valence-electron chi connectivity index (χ0n) is 13.8. The van der Waals surface area contributed by atoms with Gasteiger partial charge in [-0.1, -0.05) is 43.5 Å². The number of rotatable bonds is 1. The summed E-state index contributed by atoms with van der Waals surface area (Å²) in [5, 5.41) is 0.884. The molecule has 0 heterocycles. The first-order valence-corrected chi connectivity index (χ1v) is 9.42. The van der Waals surface area contributed by atoms with Gasteiger partial charge in [0, 0.05) is 16.0 Å². The van der Waals surface area contributed by atoms with E-state index in [1.54, 1.807) is 5.57 Å². The number of allylic oxidation sites excluding steroid dienone is 4. The molecule has 0 aromatic heterocycles. The summed E-state index contributed by atoms with van der Waals surface area (Å²) in [6, 6.07) is 0. The fourth-order valence-electron chi connectivity index (χ4n) is 6.46. The van der Waals surface area contributed by atoms with Crippen LogP contribution in [0.4, 0.5) is 0 Å². The molecule has 2 fully saturated rings. The Morgan fingerprint density at radius 3 is 2.77 bits per heavy atom. The molecular formula is C20H27ClO. The molecule has 0 saturated heterocycles. The standard InChI is InChI=1S/C20H27ClO/c1-19-9-4-3-5-14(19)6-7-15-16(19)8-10-20(2)17(15)11-13(12-22)18(20)21/h6,12,15-17H,3-5,7-11H2,1-2H3/t15-,16+,17+,19+,20+/m1/s1. The lowest BCUT2D eigenvalue weighted by atomic mass is 9.48. The minimum atomic E-state index is 0.0648. The largest absolute Gasteiger partial charge is 0.298 e. The zero-order chi connectivity index (χ0) is 15.5. The number of hydrogen-bond donors (Lipinski definition) is 0. The molecule has 2 saturated carbocycles. The molecule has 0 spiro atoms. The topological polar surface area (TPSA) is 17.1 Å². The van der Waals surface area contributed by atoms with Gasteiger partial charge in [-0.3, -0.25) is 4.79 Å². The van der Waals surface area contributed by atoms with Gasteiger partial charge in [-0.15, -0.1) is 0 Å². The molecule has 0 N–H and O–H groups in total. The Hall–Kier alpha value is -0.560. The van der Waals surface area contributed by atoms with Crippen LogP contribution in [0, 0.1) is 28.6 Å². The van der Waals surface area contributed by atoms with Crippen molar-refractivity contribution < 1.29 is 4.79 Å². The van der Waals surface area contributed by atoms with Crippen molar-refractivity contribution in [3.8, 4) is 0 Å². The Bertz CT molecular complexity index is 574. The average molecular weight is 319 g/mol. The smallest absolute Gasteiger partial charge is 0.147 e. The van der Waals surface area contributed by atoms with Crippen LogP contribution in [0.15, 0.2) is 22.3 Å². The summed E-state index contributed by atoms with van der Waals surface area (Å²) in [5.41, 5.74) is 3.13. The molecule has 5 atom stereocenters. The maximum atomic E-state index is 11.4. The number of fused-ring (bicyclic) bond motifs is 5. The van der Waals surface area contributed by atoms with Crippen LogP contribution in [0.3, 0.4) is 0 Å². The van der Waals surface area contributed by atoms with Crippen molar-refractivity contribution in [3.63, 3.8) is 0 Å². The van der Waals surface area contributed by atoms with Crippen LogP contribution in [0.1, 0.15) is 65.2 Å². The molecule has 22 heavy (non-hydrogen) atoms. The normalized spacial score (nSPS) is 47.4. The van der Waals surface area contributed by atoms with Crippen molar-refractivity contribution in [2.45, 2.75) is 65.2 Å². The van der Waals surface area contributed by atoms with Gasteiger partial charge in [-0.05, 0) is 68.1 Å². The third-order valence-electron chi connectivity index (χ3n) is 7.77. The second-order valence-electron chi connectivity index (χ2n) is 8.58. The van der Waals surface area contributed by atoms with Crippen LogP contribution in [-0.4, -0.2) is 6.29 Å². The SMILES string of the molecule is C[C@]12CCCCC1=CC[C@@H]1[C@@H]2CC[C@]2(C)C(Cl)=C(C=O)C[C@@H]12. The van der Waals surface area contributed by atoms with Crippen LogP contribution in [0.2, 0.25) is 0 Å². The van der Waals surface area contributed by atoms with Gasteiger partial charge in [-0.2, -0.15) is 0 Å². The van der Waals surface area contributed by atoms with Gasteiger partial charge in [0.05, 0.1) is 0 Å². The van der Waals surface area contributed by atoms with Gasteiger partial charge in [-0.25, -0.2) is 0 Å².